The number of aromatic nitrogens is 4. The third-order valence-corrected chi connectivity index (χ3v) is 5.29. The van der Waals surface area contributed by atoms with Crippen LogP contribution in [0, 0.1) is 4.77 Å². The lowest BCUT2D eigenvalue weighted by atomic mass is 10.2. The van der Waals surface area contributed by atoms with Crippen molar-refractivity contribution >= 4 is 44.8 Å². The molecule has 7 nitrogen and oxygen atoms in total. The minimum Gasteiger partial charge on any atom is -0.494 e. The monoisotopic (exact) mass is 411 g/mol. The average Bonchev–Trinajstić information content (AvgIpc) is 3.26. The van der Waals surface area contributed by atoms with Crippen LogP contribution in [-0.2, 0) is 11.3 Å². The van der Waals surface area contributed by atoms with Crippen LogP contribution in [0.5, 0.6) is 5.75 Å². The van der Waals surface area contributed by atoms with E-state index in [1.807, 2.05) is 55.5 Å². The van der Waals surface area contributed by atoms with E-state index in [0.717, 1.165) is 21.5 Å². The third kappa shape index (κ3) is 3.80. The Morgan fingerprint density at radius 2 is 2.04 bits per heavy atom. The number of nitrogens with one attached hydrogen (secondary N) is 2. The summed E-state index contributed by atoms with van der Waals surface area (Å²) in [5.74, 6) is 1.15. The van der Waals surface area contributed by atoms with Crippen LogP contribution in [0.4, 0.5) is 5.13 Å². The number of fused-ring (bicyclic) bond motifs is 1. The maximum absolute atomic E-state index is 12.6. The van der Waals surface area contributed by atoms with E-state index in [1.54, 1.807) is 4.57 Å². The molecule has 0 aliphatic rings. The summed E-state index contributed by atoms with van der Waals surface area (Å²) in [6.45, 7) is 2.57. The number of ether oxygens (including phenoxy) is 1. The first kappa shape index (κ1) is 18.3. The molecule has 1 amide bonds. The lowest BCUT2D eigenvalue weighted by molar-refractivity contribution is -0.116. The van der Waals surface area contributed by atoms with Crippen molar-refractivity contribution in [3.63, 3.8) is 0 Å². The molecule has 4 aromatic rings. The van der Waals surface area contributed by atoms with Gasteiger partial charge < -0.3 is 10.1 Å². The van der Waals surface area contributed by atoms with Gasteiger partial charge in [0.2, 0.25) is 5.91 Å². The molecule has 4 rings (SSSR count). The van der Waals surface area contributed by atoms with Crippen molar-refractivity contribution in [2.45, 2.75) is 13.5 Å². The molecular weight excluding hydrogens is 394 g/mol. The van der Waals surface area contributed by atoms with Gasteiger partial charge in [-0.2, -0.15) is 5.10 Å². The molecule has 28 heavy (non-hydrogen) atoms. The van der Waals surface area contributed by atoms with Gasteiger partial charge in [-0.05, 0) is 55.5 Å². The highest BCUT2D eigenvalue weighted by Crippen LogP contribution is 2.26. The number of amides is 1. The van der Waals surface area contributed by atoms with E-state index >= 15 is 0 Å². The Balaban J connectivity index is 1.53. The summed E-state index contributed by atoms with van der Waals surface area (Å²) in [6, 6.07) is 15.2. The number of rotatable bonds is 6. The van der Waals surface area contributed by atoms with Crippen LogP contribution in [0.1, 0.15) is 6.92 Å². The second-order valence-electron chi connectivity index (χ2n) is 5.93. The molecule has 0 atom stereocenters. The SMILES string of the molecule is CCOc1ccc(-c2n[nH]c(=S)n2CC(=O)Nc2nc3ccccc3s2)cc1. The van der Waals surface area contributed by atoms with Gasteiger partial charge in [0.15, 0.2) is 15.7 Å². The van der Waals surface area contributed by atoms with E-state index in [2.05, 4.69) is 20.5 Å². The molecule has 0 unspecified atom stereocenters. The number of hydrogen-bond donors (Lipinski definition) is 2. The Morgan fingerprint density at radius 3 is 2.79 bits per heavy atom. The lowest BCUT2D eigenvalue weighted by Crippen LogP contribution is -2.19. The van der Waals surface area contributed by atoms with Crippen molar-refractivity contribution in [3.8, 4) is 17.1 Å². The maximum atomic E-state index is 12.6. The van der Waals surface area contributed by atoms with Crippen LogP contribution in [0.3, 0.4) is 0 Å². The minimum absolute atomic E-state index is 0.0355. The van der Waals surface area contributed by atoms with E-state index in [4.69, 9.17) is 17.0 Å². The van der Waals surface area contributed by atoms with Gasteiger partial charge in [-0.3, -0.25) is 14.5 Å². The quantitative estimate of drug-likeness (QED) is 0.463. The van der Waals surface area contributed by atoms with Crippen LogP contribution in [0.2, 0.25) is 0 Å². The Kier molecular flexibility index (Phi) is 5.18. The number of aromatic amines is 1. The molecule has 2 N–H and O–H groups in total. The van der Waals surface area contributed by atoms with Crippen molar-refractivity contribution in [3.05, 3.63) is 53.3 Å². The van der Waals surface area contributed by atoms with Gasteiger partial charge in [-0.25, -0.2) is 4.98 Å². The van der Waals surface area contributed by atoms with Gasteiger partial charge in [-0.1, -0.05) is 23.5 Å². The van der Waals surface area contributed by atoms with E-state index in [-0.39, 0.29) is 12.5 Å². The Labute approximate surface area is 170 Å². The molecule has 9 heteroatoms. The van der Waals surface area contributed by atoms with Crippen molar-refractivity contribution in [2.75, 3.05) is 11.9 Å². The molecule has 0 aliphatic carbocycles. The summed E-state index contributed by atoms with van der Waals surface area (Å²) in [7, 11) is 0. The number of carbonyl (C=O) groups excluding carboxylic acids is 1. The molecule has 0 bridgehead atoms. The molecule has 0 aliphatic heterocycles. The van der Waals surface area contributed by atoms with Gasteiger partial charge in [0.25, 0.3) is 0 Å². The van der Waals surface area contributed by atoms with Crippen LogP contribution in [0.25, 0.3) is 21.6 Å². The summed E-state index contributed by atoms with van der Waals surface area (Å²) in [5.41, 5.74) is 1.70. The summed E-state index contributed by atoms with van der Waals surface area (Å²) < 4.78 is 8.52. The predicted molar refractivity (Wildman–Crippen MR) is 112 cm³/mol. The Morgan fingerprint density at radius 1 is 1.25 bits per heavy atom. The fraction of sp³-hybridized carbons (Fsp3) is 0.158. The standard InChI is InChI=1S/C19H17N5O2S2/c1-2-26-13-9-7-12(8-10-13)17-22-23-19(27)24(17)11-16(25)21-18-20-14-5-3-4-6-15(14)28-18/h3-10H,2,11H2,1H3,(H,23,27)(H,20,21,25). The number of H-pyrrole nitrogens is 1. The first-order valence-electron chi connectivity index (χ1n) is 8.68. The summed E-state index contributed by atoms with van der Waals surface area (Å²) >= 11 is 6.74. The first-order valence-corrected chi connectivity index (χ1v) is 9.90. The molecular formula is C19H17N5O2S2. The van der Waals surface area contributed by atoms with E-state index in [0.29, 0.717) is 22.3 Å². The molecule has 2 aromatic carbocycles. The number of thiazole rings is 1. The second-order valence-corrected chi connectivity index (χ2v) is 7.35. The maximum Gasteiger partial charge on any atom is 0.246 e. The smallest absolute Gasteiger partial charge is 0.246 e. The summed E-state index contributed by atoms with van der Waals surface area (Å²) in [4.78, 5) is 17.0. The number of hydrogen-bond acceptors (Lipinski definition) is 6. The molecule has 142 valence electrons. The molecule has 0 saturated carbocycles. The third-order valence-electron chi connectivity index (χ3n) is 4.02. The van der Waals surface area contributed by atoms with Crippen LogP contribution < -0.4 is 10.1 Å². The first-order chi connectivity index (χ1) is 13.6. The number of para-hydroxylation sites is 1. The van der Waals surface area contributed by atoms with Crippen LogP contribution in [-0.4, -0.2) is 32.3 Å². The molecule has 0 spiro atoms. The summed E-state index contributed by atoms with van der Waals surface area (Å²) in [6.07, 6.45) is 0. The molecule has 2 aromatic heterocycles. The lowest BCUT2D eigenvalue weighted by Gasteiger charge is -2.08. The zero-order valence-electron chi connectivity index (χ0n) is 15.0. The zero-order chi connectivity index (χ0) is 19.5. The fourth-order valence-electron chi connectivity index (χ4n) is 2.78. The van der Waals surface area contributed by atoms with Crippen LogP contribution >= 0.6 is 23.6 Å². The second kappa shape index (κ2) is 7.91. The normalized spacial score (nSPS) is 10.9. The molecule has 0 radical (unpaired) electrons. The highest BCUT2D eigenvalue weighted by atomic mass is 32.1. The highest BCUT2D eigenvalue weighted by Gasteiger charge is 2.14. The van der Waals surface area contributed by atoms with Crippen molar-refractivity contribution in [1.82, 2.24) is 19.7 Å². The van der Waals surface area contributed by atoms with Gasteiger partial charge in [0, 0.05) is 5.56 Å². The van der Waals surface area contributed by atoms with Gasteiger partial charge in [-0.15, -0.1) is 0 Å². The number of anilines is 1. The molecule has 2 heterocycles. The van der Waals surface area contributed by atoms with E-state index < -0.39 is 0 Å². The molecule has 0 saturated heterocycles. The van der Waals surface area contributed by atoms with E-state index in [9.17, 15) is 4.79 Å². The topological polar surface area (TPSA) is 84.8 Å². The highest BCUT2D eigenvalue weighted by molar-refractivity contribution is 7.71. The predicted octanol–water partition coefficient (Wildman–Crippen LogP) is 4.25. The Bertz CT molecular complexity index is 1140. The molecule has 0 fully saturated rings. The van der Waals surface area contributed by atoms with E-state index in [1.165, 1.54) is 11.3 Å². The summed E-state index contributed by atoms with van der Waals surface area (Å²) in [5, 5.41) is 10.4. The van der Waals surface area contributed by atoms with Gasteiger partial charge in [0.1, 0.15) is 12.3 Å². The minimum atomic E-state index is -0.219. The Hall–Kier alpha value is -3.04. The number of carbonyl (C=O) groups is 1. The van der Waals surface area contributed by atoms with Gasteiger partial charge in [0.05, 0.1) is 16.8 Å². The van der Waals surface area contributed by atoms with Crippen molar-refractivity contribution in [1.29, 1.82) is 0 Å². The average molecular weight is 412 g/mol. The van der Waals surface area contributed by atoms with Crippen LogP contribution in [0.15, 0.2) is 48.5 Å². The number of benzene rings is 2. The zero-order valence-corrected chi connectivity index (χ0v) is 16.6. The number of nitrogens with zero attached hydrogens (tertiary/aromatic N) is 3. The largest absolute Gasteiger partial charge is 0.494 e. The van der Waals surface area contributed by atoms with Gasteiger partial charge >= 0.3 is 0 Å². The fourth-order valence-corrected chi connectivity index (χ4v) is 3.86. The van der Waals surface area contributed by atoms with Crippen molar-refractivity contribution < 1.29 is 9.53 Å². The van der Waals surface area contributed by atoms with Crippen molar-refractivity contribution in [2.24, 2.45) is 0 Å².